The Balaban J connectivity index is 1.91. The molecule has 1 nitrogen and oxygen atoms in total. The average molecular weight is 350 g/mol. The smallest absolute Gasteiger partial charge is 0.0443 e. The molecule has 1 saturated carbocycles. The van der Waals surface area contributed by atoms with Crippen LogP contribution in [-0.2, 0) is 0 Å². The number of benzene rings is 1. The minimum atomic E-state index is 0.561. The highest BCUT2D eigenvalue weighted by Crippen LogP contribution is 2.44. The molecule has 3 heteroatoms. The van der Waals surface area contributed by atoms with Crippen LogP contribution in [0.5, 0.6) is 0 Å². The first-order chi connectivity index (χ1) is 9.70. The van der Waals surface area contributed by atoms with Gasteiger partial charge in [0, 0.05) is 20.3 Å². The Morgan fingerprint density at radius 2 is 2.10 bits per heavy atom. The lowest BCUT2D eigenvalue weighted by Crippen LogP contribution is -2.21. The molecular formula is C17H20BrNS. The van der Waals surface area contributed by atoms with E-state index in [0.717, 1.165) is 12.5 Å². The zero-order valence-electron chi connectivity index (χ0n) is 11.9. The highest BCUT2D eigenvalue weighted by molar-refractivity contribution is 9.10. The fraction of sp³-hybridized carbons (Fsp3) is 0.412. The van der Waals surface area contributed by atoms with Gasteiger partial charge in [0.05, 0.1) is 0 Å². The van der Waals surface area contributed by atoms with Gasteiger partial charge < -0.3 is 5.32 Å². The van der Waals surface area contributed by atoms with E-state index in [0.29, 0.717) is 6.04 Å². The highest BCUT2D eigenvalue weighted by Gasteiger charge is 2.32. The Labute approximate surface area is 133 Å². The molecule has 2 aromatic rings. The van der Waals surface area contributed by atoms with Crippen molar-refractivity contribution in [3.8, 4) is 10.4 Å². The minimum absolute atomic E-state index is 0.561. The fourth-order valence-corrected chi connectivity index (χ4v) is 4.31. The molecule has 1 aliphatic carbocycles. The molecule has 1 unspecified atom stereocenters. The summed E-state index contributed by atoms with van der Waals surface area (Å²) in [5.74, 6) is 0.852. The van der Waals surface area contributed by atoms with Gasteiger partial charge in [-0.3, -0.25) is 0 Å². The molecule has 1 heterocycles. The third-order valence-electron chi connectivity index (χ3n) is 3.98. The van der Waals surface area contributed by atoms with Gasteiger partial charge in [-0.2, -0.15) is 0 Å². The monoisotopic (exact) mass is 349 g/mol. The molecule has 0 saturated heterocycles. The molecule has 0 spiro atoms. The summed E-state index contributed by atoms with van der Waals surface area (Å²) in [6, 6.07) is 11.6. The second-order valence-corrected chi connectivity index (χ2v) is 7.46. The molecule has 1 atom stereocenters. The second-order valence-electron chi connectivity index (χ2n) is 5.49. The topological polar surface area (TPSA) is 12.0 Å². The van der Waals surface area contributed by atoms with E-state index in [4.69, 9.17) is 0 Å². The first-order valence-corrected chi connectivity index (χ1v) is 8.90. The highest BCUT2D eigenvalue weighted by atomic mass is 79.9. The Morgan fingerprint density at radius 3 is 2.80 bits per heavy atom. The van der Waals surface area contributed by atoms with Crippen molar-refractivity contribution in [2.75, 3.05) is 6.54 Å². The fourth-order valence-electron chi connectivity index (χ4n) is 2.69. The van der Waals surface area contributed by atoms with E-state index in [1.165, 1.54) is 38.2 Å². The van der Waals surface area contributed by atoms with Gasteiger partial charge in [-0.15, -0.1) is 11.3 Å². The van der Waals surface area contributed by atoms with Crippen LogP contribution in [0.15, 0.2) is 34.8 Å². The van der Waals surface area contributed by atoms with Gasteiger partial charge >= 0.3 is 0 Å². The molecule has 1 aromatic carbocycles. The molecular weight excluding hydrogens is 330 g/mol. The van der Waals surface area contributed by atoms with Crippen LogP contribution < -0.4 is 5.32 Å². The Kier molecular flexibility index (Phi) is 4.29. The lowest BCUT2D eigenvalue weighted by atomic mass is 10.1. The van der Waals surface area contributed by atoms with E-state index in [9.17, 15) is 0 Å². The normalized spacial score (nSPS) is 16.4. The van der Waals surface area contributed by atoms with Crippen molar-refractivity contribution in [1.29, 1.82) is 0 Å². The van der Waals surface area contributed by atoms with E-state index < -0.39 is 0 Å². The Morgan fingerprint density at radius 1 is 1.30 bits per heavy atom. The minimum Gasteiger partial charge on any atom is -0.309 e. The standard InChI is InChI=1S/C17H20BrNS/c1-3-19-17(12-7-8-12)16-10-9-15(20-16)13-5-4-6-14(18)11(13)2/h4-6,9-10,12,17,19H,3,7-8H2,1-2H3. The van der Waals surface area contributed by atoms with Gasteiger partial charge in [0.25, 0.3) is 0 Å². The number of hydrogen-bond acceptors (Lipinski definition) is 2. The summed E-state index contributed by atoms with van der Waals surface area (Å²) < 4.78 is 1.19. The molecule has 0 bridgehead atoms. The van der Waals surface area contributed by atoms with Crippen molar-refractivity contribution in [2.45, 2.75) is 32.7 Å². The van der Waals surface area contributed by atoms with E-state index >= 15 is 0 Å². The first-order valence-electron chi connectivity index (χ1n) is 7.29. The molecule has 3 rings (SSSR count). The molecule has 20 heavy (non-hydrogen) atoms. The van der Waals surface area contributed by atoms with Crippen molar-refractivity contribution in [2.24, 2.45) is 5.92 Å². The zero-order chi connectivity index (χ0) is 14.1. The maximum absolute atomic E-state index is 3.65. The van der Waals surface area contributed by atoms with Crippen molar-refractivity contribution in [3.05, 3.63) is 45.2 Å². The van der Waals surface area contributed by atoms with Gasteiger partial charge in [0.1, 0.15) is 0 Å². The van der Waals surface area contributed by atoms with Gasteiger partial charge in [0.15, 0.2) is 0 Å². The maximum atomic E-state index is 3.65. The Hall–Kier alpha value is -0.640. The van der Waals surface area contributed by atoms with Crippen LogP contribution in [0.1, 0.15) is 36.2 Å². The number of rotatable bonds is 5. The molecule has 0 aliphatic heterocycles. The van der Waals surface area contributed by atoms with Crippen molar-refractivity contribution < 1.29 is 0 Å². The number of halogens is 1. The average Bonchev–Trinajstić information content (AvgIpc) is 3.17. The number of hydrogen-bond donors (Lipinski definition) is 1. The molecule has 1 aromatic heterocycles. The molecule has 106 valence electrons. The molecule has 1 aliphatic rings. The van der Waals surface area contributed by atoms with E-state index in [2.05, 4.69) is 65.4 Å². The van der Waals surface area contributed by atoms with Crippen molar-refractivity contribution in [3.63, 3.8) is 0 Å². The number of nitrogens with one attached hydrogen (secondary N) is 1. The van der Waals surface area contributed by atoms with Crippen LogP contribution in [-0.4, -0.2) is 6.54 Å². The zero-order valence-corrected chi connectivity index (χ0v) is 14.4. The SMILES string of the molecule is CCNC(c1ccc(-c2cccc(Br)c2C)s1)C1CC1. The third kappa shape index (κ3) is 2.85. The lowest BCUT2D eigenvalue weighted by Gasteiger charge is -2.15. The van der Waals surface area contributed by atoms with E-state index in [1.54, 1.807) is 0 Å². The van der Waals surface area contributed by atoms with Gasteiger partial charge in [-0.1, -0.05) is 35.0 Å². The van der Waals surface area contributed by atoms with Crippen LogP contribution in [0.3, 0.4) is 0 Å². The molecule has 1 fully saturated rings. The summed E-state index contributed by atoms with van der Waals surface area (Å²) in [6.07, 6.45) is 2.75. The van der Waals surface area contributed by atoms with Crippen molar-refractivity contribution >= 4 is 27.3 Å². The molecule has 1 N–H and O–H groups in total. The van der Waals surface area contributed by atoms with E-state index in [-0.39, 0.29) is 0 Å². The Bertz CT molecular complexity index is 601. The predicted octanol–water partition coefficient (Wildman–Crippen LogP) is 5.55. The van der Waals surface area contributed by atoms with Crippen LogP contribution in [0.2, 0.25) is 0 Å². The summed E-state index contributed by atoms with van der Waals surface area (Å²) >= 11 is 5.57. The predicted molar refractivity (Wildman–Crippen MR) is 91.3 cm³/mol. The van der Waals surface area contributed by atoms with Crippen LogP contribution in [0.25, 0.3) is 10.4 Å². The largest absolute Gasteiger partial charge is 0.309 e. The molecule has 0 amide bonds. The summed E-state index contributed by atoms with van der Waals surface area (Å²) in [5, 5.41) is 3.65. The van der Waals surface area contributed by atoms with Gasteiger partial charge in [-0.05, 0) is 61.6 Å². The van der Waals surface area contributed by atoms with Crippen LogP contribution in [0, 0.1) is 12.8 Å². The van der Waals surface area contributed by atoms with Crippen molar-refractivity contribution in [1.82, 2.24) is 5.32 Å². The van der Waals surface area contributed by atoms with Gasteiger partial charge in [0.2, 0.25) is 0 Å². The summed E-state index contributed by atoms with van der Waals surface area (Å²) in [5.41, 5.74) is 2.67. The summed E-state index contributed by atoms with van der Waals surface area (Å²) in [6.45, 7) is 5.42. The lowest BCUT2D eigenvalue weighted by molar-refractivity contribution is 0.504. The van der Waals surface area contributed by atoms with Crippen LogP contribution in [0.4, 0.5) is 0 Å². The van der Waals surface area contributed by atoms with Crippen LogP contribution >= 0.6 is 27.3 Å². The maximum Gasteiger partial charge on any atom is 0.0443 e. The molecule has 0 radical (unpaired) electrons. The third-order valence-corrected chi connectivity index (χ3v) is 6.04. The first kappa shape index (κ1) is 14.3. The quantitative estimate of drug-likeness (QED) is 0.746. The second kappa shape index (κ2) is 6.00. The number of thiophene rings is 1. The summed E-state index contributed by atoms with van der Waals surface area (Å²) in [4.78, 5) is 2.87. The summed E-state index contributed by atoms with van der Waals surface area (Å²) in [7, 11) is 0. The van der Waals surface area contributed by atoms with Gasteiger partial charge in [-0.25, -0.2) is 0 Å². The van der Waals surface area contributed by atoms with E-state index in [1.807, 2.05) is 11.3 Å².